The van der Waals surface area contributed by atoms with Gasteiger partial charge in [0.05, 0.1) is 6.04 Å². The van der Waals surface area contributed by atoms with Gasteiger partial charge in [-0.3, -0.25) is 0 Å². The van der Waals surface area contributed by atoms with Gasteiger partial charge in [-0.2, -0.15) is 21.6 Å². The van der Waals surface area contributed by atoms with Crippen molar-refractivity contribution >= 4 is 17.2 Å². The quantitative estimate of drug-likeness (QED) is 0.736. The van der Waals surface area contributed by atoms with Gasteiger partial charge in [-0.1, -0.05) is 18.2 Å². The third-order valence-electron chi connectivity index (χ3n) is 3.76. The van der Waals surface area contributed by atoms with Crippen LogP contribution in [0.1, 0.15) is 17.3 Å². The van der Waals surface area contributed by atoms with E-state index in [-0.39, 0.29) is 11.7 Å². The Bertz CT molecular complexity index is 819. The van der Waals surface area contributed by atoms with Crippen LogP contribution in [0.15, 0.2) is 51.6 Å². The Morgan fingerprint density at radius 2 is 2.08 bits per heavy atom. The summed E-state index contributed by atoms with van der Waals surface area (Å²) < 4.78 is 5.78. The molecule has 0 aliphatic carbocycles. The zero-order chi connectivity index (χ0) is 16.9. The third kappa shape index (κ3) is 3.48. The van der Waals surface area contributed by atoms with E-state index in [1.54, 1.807) is 11.3 Å². The number of hydrogen-bond donors (Lipinski definition) is 1. The average Bonchev–Trinajstić information content (AvgIpc) is 3.25. The Labute approximate surface area is 145 Å². The first kappa shape index (κ1) is 16.2. The van der Waals surface area contributed by atoms with E-state index in [1.807, 2.05) is 44.4 Å². The molecule has 0 saturated heterocycles. The number of aromatic nitrogens is 1. The van der Waals surface area contributed by atoms with Crippen molar-refractivity contribution in [1.82, 2.24) is 9.88 Å². The Kier molecular flexibility index (Phi) is 4.94. The molecule has 0 aliphatic rings. The summed E-state index contributed by atoms with van der Waals surface area (Å²) in [7, 11) is 4.07. The molecule has 0 radical (unpaired) electrons. The number of anilines is 1. The first-order chi connectivity index (χ1) is 11.7. The summed E-state index contributed by atoms with van der Waals surface area (Å²) in [5.74, 6) is 0.866. The number of nitriles is 1. The molecule has 1 aromatic carbocycles. The Hall–Kier alpha value is -2.62. The highest BCUT2D eigenvalue weighted by Crippen LogP contribution is 2.27. The second-order valence-electron chi connectivity index (χ2n) is 5.59. The molecule has 122 valence electrons. The predicted octanol–water partition coefficient (Wildman–Crippen LogP) is 3.99. The van der Waals surface area contributed by atoms with Crippen molar-refractivity contribution in [2.45, 2.75) is 6.04 Å². The SMILES string of the molecule is CN(C)C(CNc1oc(-c2ccccc2)nc1C#N)c1ccsc1. The van der Waals surface area contributed by atoms with Crippen LogP contribution < -0.4 is 5.32 Å². The molecule has 24 heavy (non-hydrogen) atoms. The lowest BCUT2D eigenvalue weighted by Crippen LogP contribution is -2.26. The lowest BCUT2D eigenvalue weighted by molar-refractivity contribution is 0.311. The molecule has 1 N–H and O–H groups in total. The summed E-state index contributed by atoms with van der Waals surface area (Å²) in [6, 6.07) is 14.0. The molecule has 0 bridgehead atoms. The van der Waals surface area contributed by atoms with Gasteiger partial charge in [0.2, 0.25) is 17.5 Å². The topological polar surface area (TPSA) is 65.1 Å². The number of benzene rings is 1. The Balaban J connectivity index is 1.80. The Morgan fingerprint density at radius 3 is 2.71 bits per heavy atom. The summed E-state index contributed by atoms with van der Waals surface area (Å²) in [5.41, 5.74) is 2.36. The van der Waals surface area contributed by atoms with E-state index < -0.39 is 0 Å². The molecule has 2 heterocycles. The molecule has 0 aliphatic heterocycles. The summed E-state index contributed by atoms with van der Waals surface area (Å²) in [6.07, 6.45) is 0. The highest BCUT2D eigenvalue weighted by atomic mass is 32.1. The van der Waals surface area contributed by atoms with Crippen LogP contribution in [-0.4, -0.2) is 30.5 Å². The van der Waals surface area contributed by atoms with Gasteiger partial charge >= 0.3 is 0 Å². The minimum Gasteiger partial charge on any atom is -0.419 e. The van der Waals surface area contributed by atoms with Crippen LogP contribution in [-0.2, 0) is 0 Å². The maximum Gasteiger partial charge on any atom is 0.232 e. The molecule has 0 fully saturated rings. The molecular formula is C18H18N4OS. The maximum atomic E-state index is 9.32. The van der Waals surface area contributed by atoms with E-state index in [4.69, 9.17) is 4.42 Å². The van der Waals surface area contributed by atoms with E-state index in [0.717, 1.165) is 5.56 Å². The first-order valence-corrected chi connectivity index (χ1v) is 8.52. The predicted molar refractivity (Wildman–Crippen MR) is 95.9 cm³/mol. The standard InChI is InChI=1S/C18H18N4OS/c1-22(2)16(14-8-9-24-12-14)11-20-18-15(10-19)21-17(23-18)13-6-4-3-5-7-13/h3-9,12,16,20H,11H2,1-2H3. The van der Waals surface area contributed by atoms with Crippen LogP contribution in [0.4, 0.5) is 5.88 Å². The van der Waals surface area contributed by atoms with Crippen LogP contribution >= 0.6 is 11.3 Å². The van der Waals surface area contributed by atoms with Crippen molar-refractivity contribution in [3.05, 3.63) is 58.4 Å². The van der Waals surface area contributed by atoms with E-state index in [2.05, 4.69) is 38.1 Å². The van der Waals surface area contributed by atoms with Gasteiger partial charge in [-0.15, -0.1) is 0 Å². The fourth-order valence-corrected chi connectivity index (χ4v) is 3.18. The lowest BCUT2D eigenvalue weighted by atomic mass is 10.1. The second kappa shape index (κ2) is 7.30. The summed E-state index contributed by atoms with van der Waals surface area (Å²) in [6.45, 7) is 0.627. The first-order valence-electron chi connectivity index (χ1n) is 7.57. The van der Waals surface area contributed by atoms with E-state index in [0.29, 0.717) is 18.3 Å². The van der Waals surface area contributed by atoms with Gasteiger partial charge in [0.1, 0.15) is 6.07 Å². The zero-order valence-electron chi connectivity index (χ0n) is 13.6. The van der Waals surface area contributed by atoms with Crippen molar-refractivity contribution in [3.8, 4) is 17.5 Å². The van der Waals surface area contributed by atoms with E-state index >= 15 is 0 Å². The highest BCUT2D eigenvalue weighted by Gasteiger charge is 2.18. The van der Waals surface area contributed by atoms with Gasteiger partial charge in [0, 0.05) is 12.1 Å². The minimum atomic E-state index is 0.188. The van der Waals surface area contributed by atoms with Crippen molar-refractivity contribution in [2.75, 3.05) is 26.0 Å². The molecule has 5 nitrogen and oxygen atoms in total. The van der Waals surface area contributed by atoms with Crippen LogP contribution in [0.25, 0.3) is 11.5 Å². The van der Waals surface area contributed by atoms with Crippen molar-refractivity contribution < 1.29 is 4.42 Å². The maximum absolute atomic E-state index is 9.32. The third-order valence-corrected chi connectivity index (χ3v) is 4.46. The highest BCUT2D eigenvalue weighted by molar-refractivity contribution is 7.07. The molecule has 0 spiro atoms. The normalized spacial score (nSPS) is 12.1. The van der Waals surface area contributed by atoms with Gasteiger partial charge in [0.15, 0.2) is 0 Å². The number of likely N-dealkylation sites (N-methyl/N-ethyl adjacent to an activating group) is 1. The van der Waals surface area contributed by atoms with Gasteiger partial charge < -0.3 is 14.6 Å². The van der Waals surface area contributed by atoms with Crippen LogP contribution in [0.2, 0.25) is 0 Å². The molecule has 3 aromatic rings. The van der Waals surface area contributed by atoms with Gasteiger partial charge in [-0.05, 0) is 48.6 Å². The number of hydrogen-bond acceptors (Lipinski definition) is 6. The molecular weight excluding hydrogens is 320 g/mol. The monoisotopic (exact) mass is 338 g/mol. The number of nitrogens with one attached hydrogen (secondary N) is 1. The van der Waals surface area contributed by atoms with Crippen LogP contribution in [0.5, 0.6) is 0 Å². The van der Waals surface area contributed by atoms with Crippen molar-refractivity contribution in [2.24, 2.45) is 0 Å². The molecule has 0 saturated carbocycles. The molecule has 3 rings (SSSR count). The average molecular weight is 338 g/mol. The van der Waals surface area contributed by atoms with Crippen molar-refractivity contribution in [1.29, 1.82) is 5.26 Å². The van der Waals surface area contributed by atoms with Crippen LogP contribution in [0.3, 0.4) is 0 Å². The zero-order valence-corrected chi connectivity index (χ0v) is 14.4. The number of rotatable bonds is 6. The molecule has 2 aromatic heterocycles. The van der Waals surface area contributed by atoms with Crippen LogP contribution in [0, 0.1) is 11.3 Å². The molecule has 1 unspecified atom stereocenters. The number of oxazole rings is 1. The smallest absolute Gasteiger partial charge is 0.232 e. The second-order valence-corrected chi connectivity index (χ2v) is 6.37. The van der Waals surface area contributed by atoms with Gasteiger partial charge in [0.25, 0.3) is 0 Å². The lowest BCUT2D eigenvalue weighted by Gasteiger charge is -2.23. The molecule has 1 atom stereocenters. The molecule has 0 amide bonds. The van der Waals surface area contributed by atoms with Crippen molar-refractivity contribution in [3.63, 3.8) is 0 Å². The van der Waals surface area contributed by atoms with E-state index in [1.165, 1.54) is 5.56 Å². The summed E-state index contributed by atoms with van der Waals surface area (Å²) >= 11 is 1.67. The number of thiophene rings is 1. The Morgan fingerprint density at radius 1 is 1.29 bits per heavy atom. The summed E-state index contributed by atoms with van der Waals surface area (Å²) in [4.78, 5) is 6.42. The number of nitrogens with zero attached hydrogens (tertiary/aromatic N) is 3. The fraction of sp³-hybridized carbons (Fsp3) is 0.222. The minimum absolute atomic E-state index is 0.188. The largest absolute Gasteiger partial charge is 0.419 e. The summed E-state index contributed by atoms with van der Waals surface area (Å²) in [5, 5.41) is 16.7. The van der Waals surface area contributed by atoms with E-state index in [9.17, 15) is 5.26 Å². The fourth-order valence-electron chi connectivity index (χ4n) is 2.47. The molecule has 6 heteroatoms. The van der Waals surface area contributed by atoms with Gasteiger partial charge in [-0.25, -0.2) is 0 Å².